The van der Waals surface area contributed by atoms with Gasteiger partial charge in [0, 0.05) is 28.3 Å². The van der Waals surface area contributed by atoms with Crippen molar-refractivity contribution in [3.8, 4) is 5.69 Å². The van der Waals surface area contributed by atoms with Crippen molar-refractivity contribution in [2.24, 2.45) is 5.16 Å². The number of nitrogens with zero attached hydrogens (tertiary/aromatic N) is 2. The van der Waals surface area contributed by atoms with Gasteiger partial charge in [-0.05, 0) is 62.7 Å². The number of rotatable bonds is 5. The Hall–Kier alpha value is -3.65. The minimum Gasteiger partial charge on any atom is -0.318 e. The van der Waals surface area contributed by atoms with E-state index < -0.39 is 16.0 Å². The third-order valence-corrected chi connectivity index (χ3v) is 5.83. The third kappa shape index (κ3) is 4.36. The molecule has 4 rings (SSSR count). The zero-order valence-electron chi connectivity index (χ0n) is 18.2. The second-order valence-electron chi connectivity index (χ2n) is 7.83. The predicted octanol–water partition coefficient (Wildman–Crippen LogP) is 4.12. The van der Waals surface area contributed by atoms with E-state index in [0.29, 0.717) is 22.5 Å². The van der Waals surface area contributed by atoms with Gasteiger partial charge in [-0.2, -0.15) is 0 Å². The van der Waals surface area contributed by atoms with Crippen LogP contribution in [0.25, 0.3) is 11.8 Å². The fourth-order valence-electron chi connectivity index (χ4n) is 3.71. The molecule has 0 saturated heterocycles. The summed E-state index contributed by atoms with van der Waals surface area (Å²) in [6.07, 6.45) is 2.87. The van der Waals surface area contributed by atoms with Gasteiger partial charge >= 0.3 is 5.97 Å². The van der Waals surface area contributed by atoms with E-state index in [1.807, 2.05) is 26.8 Å². The van der Waals surface area contributed by atoms with E-state index in [2.05, 4.69) is 38.7 Å². The largest absolute Gasteiger partial charge is 0.368 e. The number of anilines is 1. The molecule has 164 valence electrons. The summed E-state index contributed by atoms with van der Waals surface area (Å²) < 4.78 is 27.4. The van der Waals surface area contributed by atoms with Crippen LogP contribution in [0.4, 0.5) is 5.69 Å². The van der Waals surface area contributed by atoms with Crippen molar-refractivity contribution in [2.75, 3.05) is 11.0 Å². The topological polar surface area (TPSA) is 89.8 Å². The zero-order valence-corrected chi connectivity index (χ0v) is 19.0. The Balaban J connectivity index is 1.69. The Morgan fingerprint density at radius 3 is 2.28 bits per heavy atom. The van der Waals surface area contributed by atoms with Crippen molar-refractivity contribution in [1.29, 1.82) is 0 Å². The highest BCUT2D eigenvalue weighted by atomic mass is 32.2. The number of aryl methyl sites for hydroxylation is 2. The molecule has 0 saturated carbocycles. The van der Waals surface area contributed by atoms with E-state index in [4.69, 9.17) is 4.84 Å². The Bertz CT molecular complexity index is 1360. The van der Waals surface area contributed by atoms with Gasteiger partial charge in [-0.1, -0.05) is 35.0 Å². The first-order chi connectivity index (χ1) is 15.1. The normalized spacial score (nSPS) is 15.1. The molecule has 1 N–H and O–H groups in total. The monoisotopic (exact) mass is 449 g/mol. The minimum absolute atomic E-state index is 0.345. The number of nitrogens with one attached hydrogen (secondary N) is 1. The highest BCUT2D eigenvalue weighted by Crippen LogP contribution is 2.27. The quantitative estimate of drug-likeness (QED) is 0.469. The lowest BCUT2D eigenvalue weighted by atomic mass is 10.0. The summed E-state index contributed by atoms with van der Waals surface area (Å²) in [5, 5.41) is 3.95. The molecule has 0 atom stereocenters. The molecule has 3 aromatic rings. The van der Waals surface area contributed by atoms with Crippen LogP contribution in [0.5, 0.6) is 0 Å². The van der Waals surface area contributed by atoms with Crippen LogP contribution >= 0.6 is 0 Å². The fraction of sp³-hybridized carbons (Fsp3) is 0.167. The molecule has 8 heteroatoms. The Kier molecular flexibility index (Phi) is 5.48. The van der Waals surface area contributed by atoms with Crippen LogP contribution in [0, 0.1) is 20.8 Å². The standard InChI is InChI=1S/C24H23N3O4S/c1-15-5-11-21(12-6-15)27-16(2)13-19(17(27)3)14-22-23(25-31-24(22)28)18-7-9-20(10-8-18)26-32(4,29)30/h5-14,26H,1-4H3. The molecule has 0 spiro atoms. The van der Waals surface area contributed by atoms with Crippen molar-refractivity contribution in [3.63, 3.8) is 0 Å². The number of benzene rings is 2. The molecule has 1 aliphatic rings. The van der Waals surface area contributed by atoms with E-state index in [-0.39, 0.29) is 0 Å². The molecule has 1 aliphatic heterocycles. The first-order valence-corrected chi connectivity index (χ1v) is 11.9. The summed E-state index contributed by atoms with van der Waals surface area (Å²) in [4.78, 5) is 17.4. The van der Waals surface area contributed by atoms with Crippen LogP contribution in [-0.4, -0.2) is 30.9 Å². The molecule has 0 amide bonds. The first-order valence-electron chi connectivity index (χ1n) is 9.98. The van der Waals surface area contributed by atoms with Gasteiger partial charge in [0.05, 0.1) is 11.8 Å². The Labute approximate surface area is 187 Å². The summed E-state index contributed by atoms with van der Waals surface area (Å²) >= 11 is 0. The van der Waals surface area contributed by atoms with Crippen molar-refractivity contribution >= 4 is 33.5 Å². The molecule has 2 heterocycles. The molecular weight excluding hydrogens is 426 g/mol. The second-order valence-corrected chi connectivity index (χ2v) is 9.57. The molecule has 0 radical (unpaired) electrons. The lowest BCUT2D eigenvalue weighted by Crippen LogP contribution is -2.10. The lowest BCUT2D eigenvalue weighted by Gasteiger charge is -2.10. The van der Waals surface area contributed by atoms with E-state index in [1.54, 1.807) is 30.3 Å². The van der Waals surface area contributed by atoms with Gasteiger partial charge in [0.2, 0.25) is 10.0 Å². The van der Waals surface area contributed by atoms with Crippen LogP contribution in [-0.2, 0) is 19.7 Å². The van der Waals surface area contributed by atoms with Gasteiger partial charge in [0.1, 0.15) is 5.71 Å². The van der Waals surface area contributed by atoms with Gasteiger partial charge in [0.15, 0.2) is 0 Å². The van der Waals surface area contributed by atoms with Crippen LogP contribution in [0.1, 0.15) is 28.1 Å². The molecule has 32 heavy (non-hydrogen) atoms. The lowest BCUT2D eigenvalue weighted by molar-refractivity contribution is -0.136. The minimum atomic E-state index is -3.37. The average Bonchev–Trinajstić information content (AvgIpc) is 3.22. The van der Waals surface area contributed by atoms with Gasteiger partial charge in [-0.25, -0.2) is 13.2 Å². The number of oxime groups is 1. The maximum absolute atomic E-state index is 12.4. The van der Waals surface area contributed by atoms with Gasteiger partial charge < -0.3 is 9.40 Å². The first kappa shape index (κ1) is 21.6. The summed E-state index contributed by atoms with van der Waals surface area (Å²) in [5.41, 5.74) is 6.98. The Morgan fingerprint density at radius 2 is 1.66 bits per heavy atom. The zero-order chi connectivity index (χ0) is 23.0. The number of sulfonamides is 1. The van der Waals surface area contributed by atoms with Gasteiger partial charge in [0.25, 0.3) is 0 Å². The van der Waals surface area contributed by atoms with Crippen LogP contribution < -0.4 is 4.72 Å². The van der Waals surface area contributed by atoms with Crippen molar-refractivity contribution in [1.82, 2.24) is 4.57 Å². The van der Waals surface area contributed by atoms with Crippen molar-refractivity contribution < 1.29 is 18.0 Å². The number of carbonyl (C=O) groups is 1. The van der Waals surface area contributed by atoms with Gasteiger partial charge in [-0.15, -0.1) is 0 Å². The molecule has 0 aliphatic carbocycles. The number of carbonyl (C=O) groups excluding carboxylic acids is 1. The number of aromatic nitrogens is 1. The highest BCUT2D eigenvalue weighted by Gasteiger charge is 2.27. The van der Waals surface area contributed by atoms with E-state index in [0.717, 1.165) is 28.9 Å². The Morgan fingerprint density at radius 1 is 1.00 bits per heavy atom. The maximum Gasteiger partial charge on any atom is 0.368 e. The number of hydrogen-bond donors (Lipinski definition) is 1. The van der Waals surface area contributed by atoms with E-state index >= 15 is 0 Å². The predicted molar refractivity (Wildman–Crippen MR) is 125 cm³/mol. The maximum atomic E-state index is 12.4. The van der Waals surface area contributed by atoms with Crippen LogP contribution in [0.3, 0.4) is 0 Å². The molecule has 0 unspecified atom stereocenters. The second kappa shape index (κ2) is 8.12. The van der Waals surface area contributed by atoms with Crippen molar-refractivity contribution in [3.05, 3.63) is 88.2 Å². The fourth-order valence-corrected chi connectivity index (χ4v) is 4.27. The van der Waals surface area contributed by atoms with Crippen molar-refractivity contribution in [2.45, 2.75) is 20.8 Å². The van der Waals surface area contributed by atoms with E-state index in [1.165, 1.54) is 5.56 Å². The highest BCUT2D eigenvalue weighted by molar-refractivity contribution is 7.92. The summed E-state index contributed by atoms with van der Waals surface area (Å²) in [6, 6.07) is 16.9. The summed E-state index contributed by atoms with van der Waals surface area (Å²) in [7, 11) is -3.37. The van der Waals surface area contributed by atoms with Crippen LogP contribution in [0.2, 0.25) is 0 Å². The molecule has 7 nitrogen and oxygen atoms in total. The third-order valence-electron chi connectivity index (χ3n) is 5.22. The average molecular weight is 450 g/mol. The molecular formula is C24H23N3O4S. The number of hydrogen-bond acceptors (Lipinski definition) is 5. The SMILES string of the molecule is Cc1ccc(-n2c(C)cc(C=C3C(=O)ON=C3c3ccc(NS(C)(=O)=O)cc3)c2C)cc1. The smallest absolute Gasteiger partial charge is 0.318 e. The van der Waals surface area contributed by atoms with E-state index in [9.17, 15) is 13.2 Å². The van der Waals surface area contributed by atoms with Gasteiger partial charge in [-0.3, -0.25) is 4.72 Å². The molecule has 2 aromatic carbocycles. The summed E-state index contributed by atoms with van der Waals surface area (Å²) in [6.45, 7) is 6.07. The van der Waals surface area contributed by atoms with Crippen LogP contribution in [0.15, 0.2) is 65.3 Å². The molecule has 0 bridgehead atoms. The summed E-state index contributed by atoms with van der Waals surface area (Å²) in [5.74, 6) is -0.529. The molecule has 1 aromatic heterocycles. The molecule has 0 fully saturated rings.